The second-order valence-corrected chi connectivity index (χ2v) is 5.04. The van der Waals surface area contributed by atoms with E-state index >= 15 is 0 Å². The molecule has 2 rings (SSSR count). The molecule has 0 spiro atoms. The zero-order valence-corrected chi connectivity index (χ0v) is 11.5. The third-order valence-corrected chi connectivity index (χ3v) is 3.34. The Kier molecular flexibility index (Phi) is 4.84. The summed E-state index contributed by atoms with van der Waals surface area (Å²) >= 11 is 4.04. The van der Waals surface area contributed by atoms with Crippen molar-refractivity contribution < 1.29 is 4.79 Å². The molecule has 0 bridgehead atoms. The van der Waals surface area contributed by atoms with Crippen molar-refractivity contribution in [2.24, 2.45) is 0 Å². The van der Waals surface area contributed by atoms with Gasteiger partial charge in [-0.05, 0) is 18.6 Å². The first-order valence-corrected chi connectivity index (χ1v) is 7.02. The lowest BCUT2D eigenvalue weighted by Gasteiger charge is -2.33. The predicted molar refractivity (Wildman–Crippen MR) is 76.7 cm³/mol. The number of amides is 1. The Morgan fingerprint density at radius 1 is 1.63 bits per heavy atom. The van der Waals surface area contributed by atoms with Crippen molar-refractivity contribution in [3.05, 3.63) is 22.7 Å². The molecule has 1 saturated heterocycles. The summed E-state index contributed by atoms with van der Waals surface area (Å²) in [5, 5.41) is 2.99. The molecule has 2 N–H and O–H groups in total. The summed E-state index contributed by atoms with van der Waals surface area (Å²) in [5.41, 5.74) is -0.161. The quantitative estimate of drug-likeness (QED) is 0.688. The van der Waals surface area contributed by atoms with Crippen LogP contribution in [-0.4, -0.2) is 40.8 Å². The monoisotopic (exact) mass is 282 g/mol. The van der Waals surface area contributed by atoms with Crippen LogP contribution in [0.15, 0.2) is 17.2 Å². The summed E-state index contributed by atoms with van der Waals surface area (Å²) in [6.45, 7) is 1.55. The number of anilines is 1. The molecular formula is C12H18N4O2S. The second kappa shape index (κ2) is 6.60. The Hall–Kier alpha value is -1.50. The fourth-order valence-electron chi connectivity index (χ4n) is 2.24. The number of aromatic nitrogens is 2. The maximum atomic E-state index is 11.6. The van der Waals surface area contributed by atoms with E-state index < -0.39 is 0 Å². The zero-order chi connectivity index (χ0) is 13.7. The molecule has 7 heteroatoms. The van der Waals surface area contributed by atoms with Crippen LogP contribution in [0.3, 0.4) is 0 Å². The highest BCUT2D eigenvalue weighted by Crippen LogP contribution is 2.16. The van der Waals surface area contributed by atoms with Gasteiger partial charge in [-0.3, -0.25) is 9.59 Å². The number of nitrogens with zero attached hydrogens (tertiary/aromatic N) is 2. The van der Waals surface area contributed by atoms with E-state index in [0.717, 1.165) is 19.4 Å². The number of thiol groups is 1. The molecule has 1 aromatic heterocycles. The summed E-state index contributed by atoms with van der Waals surface area (Å²) in [6.07, 6.45) is 3.77. The van der Waals surface area contributed by atoms with Crippen molar-refractivity contribution >= 4 is 24.4 Å². The van der Waals surface area contributed by atoms with Crippen LogP contribution >= 0.6 is 12.6 Å². The molecule has 1 aromatic rings. The summed E-state index contributed by atoms with van der Waals surface area (Å²) in [5.74, 6) is 1.25. The van der Waals surface area contributed by atoms with Crippen LogP contribution < -0.4 is 15.8 Å². The molecule has 1 amide bonds. The van der Waals surface area contributed by atoms with Crippen LogP contribution in [-0.2, 0) is 4.79 Å². The van der Waals surface area contributed by atoms with E-state index in [1.54, 1.807) is 0 Å². The van der Waals surface area contributed by atoms with Gasteiger partial charge in [-0.15, -0.1) is 0 Å². The predicted octanol–water partition coefficient (Wildman–Crippen LogP) is 0.175. The van der Waals surface area contributed by atoms with Gasteiger partial charge < -0.3 is 15.2 Å². The van der Waals surface area contributed by atoms with Crippen molar-refractivity contribution in [1.82, 2.24) is 15.3 Å². The lowest BCUT2D eigenvalue weighted by atomic mass is 10.1. The third kappa shape index (κ3) is 3.99. The van der Waals surface area contributed by atoms with E-state index in [9.17, 15) is 9.59 Å². The number of carbonyl (C=O) groups excluding carboxylic acids is 1. The first-order chi connectivity index (χ1) is 9.19. The lowest BCUT2D eigenvalue weighted by molar-refractivity contribution is -0.121. The molecule has 1 fully saturated rings. The molecule has 6 nitrogen and oxygen atoms in total. The minimum Gasteiger partial charge on any atom is -0.354 e. The van der Waals surface area contributed by atoms with Crippen LogP contribution in [0.25, 0.3) is 0 Å². The van der Waals surface area contributed by atoms with Gasteiger partial charge in [0.05, 0.1) is 6.33 Å². The Bertz CT molecular complexity index is 491. The van der Waals surface area contributed by atoms with Gasteiger partial charge in [0, 0.05) is 31.6 Å². The maximum Gasteiger partial charge on any atom is 0.252 e. The lowest BCUT2D eigenvalue weighted by Crippen LogP contribution is -2.48. The van der Waals surface area contributed by atoms with Gasteiger partial charge in [0.25, 0.3) is 5.56 Å². The van der Waals surface area contributed by atoms with E-state index in [-0.39, 0.29) is 17.5 Å². The van der Waals surface area contributed by atoms with Crippen LogP contribution in [0.2, 0.25) is 0 Å². The maximum absolute atomic E-state index is 11.6. The van der Waals surface area contributed by atoms with Crippen molar-refractivity contribution in [1.29, 1.82) is 0 Å². The molecule has 0 saturated carbocycles. The van der Waals surface area contributed by atoms with Crippen molar-refractivity contribution in [2.45, 2.75) is 25.3 Å². The van der Waals surface area contributed by atoms with Crippen molar-refractivity contribution in [3.8, 4) is 0 Å². The van der Waals surface area contributed by atoms with Gasteiger partial charge in [0.2, 0.25) is 5.91 Å². The second-order valence-electron chi connectivity index (χ2n) is 4.60. The van der Waals surface area contributed by atoms with Crippen molar-refractivity contribution in [2.75, 3.05) is 23.7 Å². The molecule has 1 aliphatic rings. The molecule has 1 unspecified atom stereocenters. The number of aromatic amines is 1. The Balaban J connectivity index is 1.97. The fraction of sp³-hybridized carbons (Fsp3) is 0.583. The van der Waals surface area contributed by atoms with Gasteiger partial charge in [-0.2, -0.15) is 12.6 Å². The van der Waals surface area contributed by atoms with Gasteiger partial charge in [-0.1, -0.05) is 0 Å². The zero-order valence-electron chi connectivity index (χ0n) is 10.6. The highest BCUT2D eigenvalue weighted by molar-refractivity contribution is 7.80. The number of rotatable bonds is 4. The highest BCUT2D eigenvalue weighted by Gasteiger charge is 2.22. The molecular weight excluding hydrogens is 264 g/mol. The average Bonchev–Trinajstić information content (AvgIpc) is 2.39. The minimum atomic E-state index is -0.161. The first kappa shape index (κ1) is 13.9. The molecule has 104 valence electrons. The summed E-state index contributed by atoms with van der Waals surface area (Å²) < 4.78 is 0. The molecule has 0 aliphatic carbocycles. The normalized spacial score (nSPS) is 19.2. The average molecular weight is 282 g/mol. The number of piperidine rings is 1. The van der Waals surface area contributed by atoms with Crippen LogP contribution in [0.4, 0.5) is 5.82 Å². The Labute approximate surface area is 117 Å². The number of carbonyl (C=O) groups is 1. The standard InChI is InChI=1S/C12H18N4O2S/c17-11(3-5-19)15-9-2-1-4-16(7-9)10-6-12(18)14-8-13-10/h6,8-9,19H,1-5,7H2,(H,15,17)(H,13,14,18). The van der Waals surface area contributed by atoms with Gasteiger partial charge in [0.15, 0.2) is 0 Å². The summed E-state index contributed by atoms with van der Waals surface area (Å²) in [6, 6.07) is 1.60. The van der Waals surface area contributed by atoms with E-state index in [4.69, 9.17) is 0 Å². The van der Waals surface area contributed by atoms with Crippen LogP contribution in [0.5, 0.6) is 0 Å². The molecule has 1 atom stereocenters. The first-order valence-electron chi connectivity index (χ1n) is 6.39. The smallest absolute Gasteiger partial charge is 0.252 e. The van der Waals surface area contributed by atoms with Crippen LogP contribution in [0, 0.1) is 0 Å². The largest absolute Gasteiger partial charge is 0.354 e. The fourth-order valence-corrected chi connectivity index (χ4v) is 2.44. The number of hydrogen-bond acceptors (Lipinski definition) is 5. The molecule has 1 aliphatic heterocycles. The molecule has 19 heavy (non-hydrogen) atoms. The molecule has 0 aromatic carbocycles. The number of nitrogens with one attached hydrogen (secondary N) is 2. The van der Waals surface area contributed by atoms with Crippen LogP contribution in [0.1, 0.15) is 19.3 Å². The van der Waals surface area contributed by atoms with E-state index in [0.29, 0.717) is 24.5 Å². The Morgan fingerprint density at radius 3 is 3.21 bits per heavy atom. The number of H-pyrrole nitrogens is 1. The molecule has 2 heterocycles. The third-order valence-electron chi connectivity index (χ3n) is 3.11. The summed E-state index contributed by atoms with van der Waals surface area (Å²) in [7, 11) is 0. The highest BCUT2D eigenvalue weighted by atomic mass is 32.1. The van der Waals surface area contributed by atoms with Crippen molar-refractivity contribution in [3.63, 3.8) is 0 Å². The minimum absolute atomic E-state index is 0.0284. The van der Waals surface area contributed by atoms with E-state index in [1.807, 2.05) is 4.90 Å². The molecule has 0 radical (unpaired) electrons. The number of hydrogen-bond donors (Lipinski definition) is 3. The topological polar surface area (TPSA) is 78.1 Å². The van der Waals surface area contributed by atoms with E-state index in [1.165, 1.54) is 12.4 Å². The van der Waals surface area contributed by atoms with Gasteiger partial charge in [0.1, 0.15) is 5.82 Å². The summed E-state index contributed by atoms with van der Waals surface area (Å²) in [4.78, 5) is 31.5. The SMILES string of the molecule is O=C(CCS)NC1CCCN(c2cc(=O)[nH]cn2)C1. The Morgan fingerprint density at radius 2 is 2.47 bits per heavy atom. The van der Waals surface area contributed by atoms with E-state index in [2.05, 4.69) is 27.9 Å². The van der Waals surface area contributed by atoms with Gasteiger partial charge in [-0.25, -0.2) is 4.98 Å². The van der Waals surface area contributed by atoms with Gasteiger partial charge >= 0.3 is 0 Å².